The number of carboxylic acid groups (broad SMARTS) is 2. The van der Waals surface area contributed by atoms with Crippen molar-refractivity contribution in [2.45, 2.75) is 0 Å². The number of likely N-dealkylation sites (N-methyl/N-ethyl adjacent to an activating group) is 1. The lowest BCUT2D eigenvalue weighted by atomic mass is 10.2. The van der Waals surface area contributed by atoms with Crippen LogP contribution >= 0.6 is 11.3 Å². The second kappa shape index (κ2) is 14.3. The Labute approximate surface area is 206 Å². The fourth-order valence-corrected chi connectivity index (χ4v) is 3.17. The summed E-state index contributed by atoms with van der Waals surface area (Å²) in [5, 5.41) is 20.5. The number of carboxylic acids is 2. The number of nitrogens with one attached hydrogen (secondary N) is 1. The van der Waals surface area contributed by atoms with Gasteiger partial charge in [-0.1, -0.05) is 0 Å². The van der Waals surface area contributed by atoms with E-state index in [1.54, 1.807) is 30.6 Å². The van der Waals surface area contributed by atoms with Gasteiger partial charge in [0, 0.05) is 43.2 Å². The number of hydrogen-bond donors (Lipinski definition) is 3. The van der Waals surface area contributed by atoms with Gasteiger partial charge in [0.05, 0.1) is 14.2 Å². The number of benzene rings is 1. The highest BCUT2D eigenvalue weighted by Gasteiger charge is 2.20. The summed E-state index contributed by atoms with van der Waals surface area (Å²) in [6, 6.07) is 4.94. The van der Waals surface area contributed by atoms with Crippen molar-refractivity contribution in [2.24, 2.45) is 0 Å². The van der Waals surface area contributed by atoms with Crippen LogP contribution in [0.3, 0.4) is 0 Å². The minimum absolute atomic E-state index is 0.258. The summed E-state index contributed by atoms with van der Waals surface area (Å²) < 4.78 is 10.4. The molecule has 0 fully saturated rings. The number of carbonyl (C=O) groups is 4. The summed E-state index contributed by atoms with van der Waals surface area (Å²) in [4.78, 5) is 51.6. The number of amides is 2. The van der Waals surface area contributed by atoms with Gasteiger partial charge in [-0.15, -0.1) is 11.3 Å². The number of aliphatic carboxylic acids is 2. The molecular formula is C22H28N4O8S. The number of methoxy groups -OCH3 is 2. The molecule has 1 aromatic carbocycles. The van der Waals surface area contributed by atoms with E-state index in [4.69, 9.17) is 19.7 Å². The maximum absolute atomic E-state index is 12.7. The van der Waals surface area contributed by atoms with Gasteiger partial charge in [-0.2, -0.15) is 0 Å². The van der Waals surface area contributed by atoms with Crippen LogP contribution in [0, 0.1) is 0 Å². The molecule has 35 heavy (non-hydrogen) atoms. The molecule has 2 aromatic rings. The molecule has 2 amide bonds. The van der Waals surface area contributed by atoms with E-state index in [1.165, 1.54) is 30.5 Å². The van der Waals surface area contributed by atoms with Gasteiger partial charge in [0.2, 0.25) is 0 Å². The molecule has 190 valence electrons. The molecule has 0 aliphatic carbocycles. The molecule has 0 saturated heterocycles. The first kappa shape index (κ1) is 29.1. The van der Waals surface area contributed by atoms with Gasteiger partial charge in [0.25, 0.3) is 11.8 Å². The van der Waals surface area contributed by atoms with E-state index in [-0.39, 0.29) is 11.8 Å². The fraction of sp³-hybridized carbons (Fsp3) is 0.318. The van der Waals surface area contributed by atoms with E-state index < -0.39 is 11.9 Å². The quantitative estimate of drug-likeness (QED) is 0.401. The molecule has 0 spiro atoms. The molecule has 0 unspecified atom stereocenters. The van der Waals surface area contributed by atoms with Crippen LogP contribution in [0.25, 0.3) is 0 Å². The largest absolute Gasteiger partial charge is 0.493 e. The van der Waals surface area contributed by atoms with Gasteiger partial charge in [-0.25, -0.2) is 14.6 Å². The normalized spacial score (nSPS) is 10.3. The molecule has 1 heterocycles. The van der Waals surface area contributed by atoms with Gasteiger partial charge in [0.15, 0.2) is 16.6 Å². The summed E-state index contributed by atoms with van der Waals surface area (Å²) in [6.45, 7) is 1.26. The van der Waals surface area contributed by atoms with Gasteiger partial charge < -0.3 is 29.9 Å². The Hall–Kier alpha value is -3.97. The van der Waals surface area contributed by atoms with Crippen molar-refractivity contribution < 1.29 is 38.9 Å². The van der Waals surface area contributed by atoms with Crippen molar-refractivity contribution in [1.29, 1.82) is 0 Å². The SMILES string of the molecule is COc1ccc(C(=O)N(C)c2nc(C(=O)NCCN(C)C)cs2)cc1OC.O=C(O)C=CC(=O)O. The van der Waals surface area contributed by atoms with E-state index in [9.17, 15) is 19.2 Å². The molecule has 13 heteroatoms. The van der Waals surface area contributed by atoms with Crippen LogP contribution in [0.15, 0.2) is 35.7 Å². The number of aromatic nitrogens is 1. The van der Waals surface area contributed by atoms with E-state index in [2.05, 4.69) is 10.3 Å². The molecule has 0 aliphatic heterocycles. The van der Waals surface area contributed by atoms with E-state index in [1.807, 2.05) is 19.0 Å². The summed E-state index contributed by atoms with van der Waals surface area (Å²) in [6.07, 6.45) is 1.12. The Kier molecular flexibility index (Phi) is 11.9. The second-order valence-corrected chi connectivity index (χ2v) is 7.85. The third-order valence-electron chi connectivity index (χ3n) is 4.16. The number of thiazole rings is 1. The highest BCUT2D eigenvalue weighted by Crippen LogP contribution is 2.29. The second-order valence-electron chi connectivity index (χ2n) is 7.02. The number of nitrogens with zero attached hydrogens (tertiary/aromatic N) is 3. The zero-order valence-electron chi connectivity index (χ0n) is 20.0. The first-order chi connectivity index (χ1) is 16.5. The van der Waals surface area contributed by atoms with Gasteiger partial charge in [0.1, 0.15) is 5.69 Å². The monoisotopic (exact) mass is 508 g/mol. The van der Waals surface area contributed by atoms with Crippen LogP contribution in [0.1, 0.15) is 20.8 Å². The minimum atomic E-state index is -1.26. The number of hydrogen-bond acceptors (Lipinski definition) is 9. The first-order valence-electron chi connectivity index (χ1n) is 10.0. The molecule has 0 radical (unpaired) electrons. The van der Waals surface area contributed by atoms with Gasteiger partial charge in [-0.3, -0.25) is 14.5 Å². The minimum Gasteiger partial charge on any atom is -0.493 e. The Morgan fingerprint density at radius 3 is 2.14 bits per heavy atom. The molecule has 1 aromatic heterocycles. The predicted molar refractivity (Wildman–Crippen MR) is 130 cm³/mol. The molecular weight excluding hydrogens is 480 g/mol. The Morgan fingerprint density at radius 1 is 1.03 bits per heavy atom. The standard InChI is InChI=1S/C18H24N4O4S.C4H4O4/c1-21(2)9-8-19-16(23)13-11-27-18(20-13)22(3)17(24)12-6-7-14(25-4)15(10-12)26-5;5-3(6)1-2-4(7)8/h6-7,10-11H,8-9H2,1-5H3,(H,19,23);1-2H,(H,5,6)(H,7,8). The van der Waals surface area contributed by atoms with Crippen molar-refractivity contribution in [2.75, 3.05) is 53.4 Å². The number of carbonyl (C=O) groups excluding carboxylic acids is 2. The van der Waals surface area contributed by atoms with Crippen molar-refractivity contribution in [3.63, 3.8) is 0 Å². The lowest BCUT2D eigenvalue weighted by Gasteiger charge is -2.15. The maximum atomic E-state index is 12.7. The van der Waals surface area contributed by atoms with Crippen molar-refractivity contribution in [3.05, 3.63) is 47.0 Å². The predicted octanol–water partition coefficient (Wildman–Crippen LogP) is 1.44. The van der Waals surface area contributed by atoms with Crippen LogP contribution in [-0.2, 0) is 9.59 Å². The molecule has 2 rings (SSSR count). The third-order valence-corrected chi connectivity index (χ3v) is 5.08. The maximum Gasteiger partial charge on any atom is 0.328 e. The Balaban J connectivity index is 0.000000658. The van der Waals surface area contributed by atoms with E-state index >= 15 is 0 Å². The van der Waals surface area contributed by atoms with Gasteiger partial charge in [-0.05, 0) is 32.3 Å². The Morgan fingerprint density at radius 2 is 1.63 bits per heavy atom. The average molecular weight is 509 g/mol. The van der Waals surface area contributed by atoms with E-state index in [0.717, 1.165) is 6.54 Å². The summed E-state index contributed by atoms with van der Waals surface area (Å²) in [5.41, 5.74) is 0.725. The lowest BCUT2D eigenvalue weighted by molar-refractivity contribution is -0.134. The van der Waals surface area contributed by atoms with Crippen molar-refractivity contribution in [1.82, 2.24) is 15.2 Å². The summed E-state index contributed by atoms with van der Waals surface area (Å²) >= 11 is 1.23. The summed E-state index contributed by atoms with van der Waals surface area (Å²) in [7, 11) is 8.53. The summed E-state index contributed by atoms with van der Waals surface area (Å²) in [5.74, 6) is -2.02. The molecule has 0 bridgehead atoms. The molecule has 12 nitrogen and oxygen atoms in total. The number of rotatable bonds is 10. The number of ether oxygens (including phenoxy) is 2. The highest BCUT2D eigenvalue weighted by molar-refractivity contribution is 7.14. The Bertz CT molecular complexity index is 1050. The fourth-order valence-electron chi connectivity index (χ4n) is 2.40. The smallest absolute Gasteiger partial charge is 0.328 e. The highest BCUT2D eigenvalue weighted by atomic mass is 32.1. The average Bonchev–Trinajstić information content (AvgIpc) is 3.32. The van der Waals surface area contributed by atoms with Crippen LogP contribution in [0.5, 0.6) is 11.5 Å². The molecule has 0 aliphatic rings. The lowest BCUT2D eigenvalue weighted by Crippen LogP contribution is -2.31. The topological polar surface area (TPSA) is 159 Å². The zero-order valence-corrected chi connectivity index (χ0v) is 20.8. The zero-order chi connectivity index (χ0) is 26.5. The van der Waals surface area contributed by atoms with Crippen LogP contribution < -0.4 is 19.7 Å². The van der Waals surface area contributed by atoms with Crippen LogP contribution in [0.4, 0.5) is 5.13 Å². The molecule has 0 saturated carbocycles. The molecule has 0 atom stereocenters. The van der Waals surface area contributed by atoms with Gasteiger partial charge >= 0.3 is 11.9 Å². The number of anilines is 1. The van der Waals surface area contributed by atoms with E-state index in [0.29, 0.717) is 46.6 Å². The third kappa shape index (κ3) is 9.81. The first-order valence-corrected chi connectivity index (χ1v) is 10.9. The van der Waals surface area contributed by atoms with Crippen molar-refractivity contribution >= 4 is 40.2 Å². The van der Waals surface area contributed by atoms with Crippen molar-refractivity contribution in [3.8, 4) is 11.5 Å². The van der Waals surface area contributed by atoms with Crippen LogP contribution in [-0.4, -0.2) is 92.3 Å². The molecule has 3 N–H and O–H groups in total. The van der Waals surface area contributed by atoms with Crippen LogP contribution in [0.2, 0.25) is 0 Å².